The molecule has 0 aliphatic carbocycles. The van der Waals surface area contributed by atoms with Crippen molar-refractivity contribution in [2.75, 3.05) is 6.54 Å². The fourth-order valence-corrected chi connectivity index (χ4v) is 2.85. The maximum Gasteiger partial charge on any atom is 0.252 e. The summed E-state index contributed by atoms with van der Waals surface area (Å²) in [6.45, 7) is 7.39. The zero-order chi connectivity index (χ0) is 17.1. The quantitative estimate of drug-likeness (QED) is 0.734. The summed E-state index contributed by atoms with van der Waals surface area (Å²) < 4.78 is 2.08. The van der Waals surface area contributed by atoms with E-state index in [2.05, 4.69) is 19.9 Å². The first-order valence-electron chi connectivity index (χ1n) is 8.18. The molecule has 0 radical (unpaired) electrons. The third kappa shape index (κ3) is 3.45. The Morgan fingerprint density at radius 1 is 1.21 bits per heavy atom. The lowest BCUT2D eigenvalue weighted by Gasteiger charge is -2.10. The Hall–Kier alpha value is -2.69. The number of imidazole rings is 1. The van der Waals surface area contributed by atoms with Gasteiger partial charge in [-0.15, -0.1) is 0 Å². The number of carbonyl (C=O) groups excluding carboxylic acids is 1. The first kappa shape index (κ1) is 16.2. The Bertz CT molecular complexity index is 882. The van der Waals surface area contributed by atoms with Crippen molar-refractivity contribution in [2.45, 2.75) is 33.7 Å². The molecule has 2 heterocycles. The van der Waals surface area contributed by atoms with Crippen LogP contribution in [0.5, 0.6) is 0 Å². The molecular formula is C19H22N4O. The zero-order valence-electron chi connectivity index (χ0n) is 14.3. The summed E-state index contributed by atoms with van der Waals surface area (Å²) in [4.78, 5) is 21.3. The van der Waals surface area contributed by atoms with Gasteiger partial charge < -0.3 is 9.88 Å². The summed E-state index contributed by atoms with van der Waals surface area (Å²) in [7, 11) is 0. The number of amides is 1. The molecular weight excluding hydrogens is 300 g/mol. The molecule has 2 aromatic heterocycles. The van der Waals surface area contributed by atoms with Crippen LogP contribution in [0.4, 0.5) is 0 Å². The third-order valence-corrected chi connectivity index (χ3v) is 4.12. The first-order chi connectivity index (χ1) is 11.5. The Labute approximate surface area is 141 Å². The van der Waals surface area contributed by atoms with Gasteiger partial charge in [0.1, 0.15) is 5.82 Å². The molecule has 0 fully saturated rings. The van der Waals surface area contributed by atoms with Gasteiger partial charge in [-0.2, -0.15) is 0 Å². The molecule has 1 N–H and O–H groups in total. The Kier molecular flexibility index (Phi) is 4.60. The summed E-state index contributed by atoms with van der Waals surface area (Å²) >= 11 is 0. The molecule has 0 bridgehead atoms. The lowest BCUT2D eigenvalue weighted by molar-refractivity contribution is 0.0954. The fraction of sp³-hybridized carbons (Fsp3) is 0.316. The van der Waals surface area contributed by atoms with Crippen molar-refractivity contribution >= 4 is 16.8 Å². The minimum atomic E-state index is -0.0431. The lowest BCUT2D eigenvalue weighted by atomic mass is 10.0. The average molecular weight is 322 g/mol. The molecule has 5 heteroatoms. The Balaban J connectivity index is 1.69. The number of carbonyl (C=O) groups is 1. The van der Waals surface area contributed by atoms with Crippen LogP contribution in [0.15, 0.2) is 36.7 Å². The number of benzene rings is 1. The van der Waals surface area contributed by atoms with Crippen molar-refractivity contribution in [1.82, 2.24) is 19.9 Å². The first-order valence-corrected chi connectivity index (χ1v) is 8.18. The number of hydrogen-bond donors (Lipinski definition) is 1. The number of nitrogens with zero attached hydrogens (tertiary/aromatic N) is 3. The van der Waals surface area contributed by atoms with Gasteiger partial charge in [0.2, 0.25) is 0 Å². The molecule has 0 aliphatic rings. The van der Waals surface area contributed by atoms with Gasteiger partial charge in [0.25, 0.3) is 5.91 Å². The van der Waals surface area contributed by atoms with Gasteiger partial charge in [-0.05, 0) is 45.4 Å². The van der Waals surface area contributed by atoms with E-state index in [9.17, 15) is 4.79 Å². The van der Waals surface area contributed by atoms with Crippen LogP contribution in [0, 0.1) is 20.8 Å². The predicted octanol–water partition coefficient (Wildman–Crippen LogP) is 3.18. The second-order valence-corrected chi connectivity index (χ2v) is 6.11. The predicted molar refractivity (Wildman–Crippen MR) is 95.1 cm³/mol. The number of hydrogen-bond acceptors (Lipinski definition) is 3. The average Bonchev–Trinajstić information content (AvgIpc) is 2.96. The SMILES string of the molecule is Cc1ccc2nc(C)cc(C(=O)NCCCn3ccnc3C)c2c1. The van der Waals surface area contributed by atoms with Crippen LogP contribution in [-0.2, 0) is 6.54 Å². The summed E-state index contributed by atoms with van der Waals surface area (Å²) in [5.74, 6) is 0.950. The van der Waals surface area contributed by atoms with Gasteiger partial charge in [0.15, 0.2) is 0 Å². The van der Waals surface area contributed by atoms with E-state index in [1.54, 1.807) is 6.20 Å². The van der Waals surface area contributed by atoms with Crippen LogP contribution in [0.1, 0.15) is 33.9 Å². The molecule has 0 unspecified atom stereocenters. The van der Waals surface area contributed by atoms with Gasteiger partial charge in [-0.1, -0.05) is 11.6 Å². The molecule has 24 heavy (non-hydrogen) atoms. The second-order valence-electron chi connectivity index (χ2n) is 6.11. The van der Waals surface area contributed by atoms with E-state index in [-0.39, 0.29) is 5.91 Å². The smallest absolute Gasteiger partial charge is 0.252 e. The lowest BCUT2D eigenvalue weighted by Crippen LogP contribution is -2.25. The number of aromatic nitrogens is 3. The van der Waals surface area contributed by atoms with Crippen molar-refractivity contribution in [3.8, 4) is 0 Å². The number of pyridine rings is 1. The highest BCUT2D eigenvalue weighted by Crippen LogP contribution is 2.20. The van der Waals surface area contributed by atoms with Crippen LogP contribution >= 0.6 is 0 Å². The molecule has 1 amide bonds. The molecule has 1 aromatic carbocycles. The normalized spacial score (nSPS) is 11.0. The van der Waals surface area contributed by atoms with Crippen LogP contribution in [0.25, 0.3) is 10.9 Å². The number of fused-ring (bicyclic) bond motifs is 1. The van der Waals surface area contributed by atoms with Crippen molar-refractivity contribution < 1.29 is 4.79 Å². The van der Waals surface area contributed by atoms with Gasteiger partial charge in [0.05, 0.1) is 11.1 Å². The van der Waals surface area contributed by atoms with Gasteiger partial charge in [-0.25, -0.2) is 4.98 Å². The summed E-state index contributed by atoms with van der Waals surface area (Å²) in [5, 5.41) is 3.93. The van der Waals surface area contributed by atoms with Crippen molar-refractivity contribution in [2.24, 2.45) is 0 Å². The largest absolute Gasteiger partial charge is 0.352 e. The molecule has 0 atom stereocenters. The molecule has 124 valence electrons. The number of rotatable bonds is 5. The third-order valence-electron chi connectivity index (χ3n) is 4.12. The van der Waals surface area contributed by atoms with Crippen LogP contribution in [0.3, 0.4) is 0 Å². The minimum absolute atomic E-state index is 0.0431. The fourth-order valence-electron chi connectivity index (χ4n) is 2.85. The summed E-state index contributed by atoms with van der Waals surface area (Å²) in [6.07, 6.45) is 4.62. The van der Waals surface area contributed by atoms with Crippen LogP contribution < -0.4 is 5.32 Å². The molecule has 5 nitrogen and oxygen atoms in total. The van der Waals surface area contributed by atoms with Gasteiger partial charge in [-0.3, -0.25) is 9.78 Å². The highest BCUT2D eigenvalue weighted by molar-refractivity contribution is 6.06. The van der Waals surface area contributed by atoms with Gasteiger partial charge in [0, 0.05) is 36.6 Å². The second kappa shape index (κ2) is 6.83. The Morgan fingerprint density at radius 3 is 2.79 bits per heavy atom. The zero-order valence-corrected chi connectivity index (χ0v) is 14.3. The Morgan fingerprint density at radius 2 is 2.04 bits per heavy atom. The van der Waals surface area contributed by atoms with Crippen molar-refractivity contribution in [3.63, 3.8) is 0 Å². The summed E-state index contributed by atoms with van der Waals surface area (Å²) in [6, 6.07) is 7.86. The minimum Gasteiger partial charge on any atom is -0.352 e. The molecule has 0 saturated heterocycles. The molecule has 3 rings (SSSR count). The monoisotopic (exact) mass is 322 g/mol. The molecule has 3 aromatic rings. The van der Waals surface area contributed by atoms with E-state index >= 15 is 0 Å². The molecule has 0 spiro atoms. The number of nitrogens with one attached hydrogen (secondary N) is 1. The standard InChI is InChI=1S/C19H22N4O/c1-13-5-6-18-16(11-13)17(12-14(2)22-18)19(24)21-7-4-9-23-10-8-20-15(23)3/h5-6,8,10-12H,4,7,9H2,1-3H3,(H,21,24). The van der Waals surface area contributed by atoms with E-state index in [4.69, 9.17) is 0 Å². The maximum absolute atomic E-state index is 12.6. The van der Waals surface area contributed by atoms with E-state index in [1.807, 2.05) is 51.2 Å². The van der Waals surface area contributed by atoms with Crippen molar-refractivity contribution in [3.05, 3.63) is 59.3 Å². The van der Waals surface area contributed by atoms with Crippen LogP contribution in [-0.4, -0.2) is 27.0 Å². The van der Waals surface area contributed by atoms with E-state index in [0.29, 0.717) is 12.1 Å². The molecule has 0 saturated carbocycles. The van der Waals surface area contributed by atoms with Crippen molar-refractivity contribution in [1.29, 1.82) is 0 Å². The highest BCUT2D eigenvalue weighted by Gasteiger charge is 2.12. The number of aryl methyl sites for hydroxylation is 4. The topological polar surface area (TPSA) is 59.8 Å². The highest BCUT2D eigenvalue weighted by atomic mass is 16.1. The summed E-state index contributed by atoms with van der Waals surface area (Å²) in [5.41, 5.74) is 3.53. The van der Waals surface area contributed by atoms with Gasteiger partial charge >= 0.3 is 0 Å². The van der Waals surface area contributed by atoms with E-state index in [0.717, 1.165) is 41.0 Å². The van der Waals surface area contributed by atoms with E-state index < -0.39 is 0 Å². The molecule has 0 aliphatic heterocycles. The van der Waals surface area contributed by atoms with Crippen LogP contribution in [0.2, 0.25) is 0 Å². The van der Waals surface area contributed by atoms with E-state index in [1.165, 1.54) is 0 Å². The maximum atomic E-state index is 12.6.